The van der Waals surface area contributed by atoms with Crippen LogP contribution in [0.25, 0.3) is 0 Å². The summed E-state index contributed by atoms with van der Waals surface area (Å²) in [5.41, 5.74) is 0. The fraction of sp³-hybridized carbons (Fsp3) is 0.917. The first kappa shape index (κ1) is 12.6. The monoisotopic (exact) mass is 241 g/mol. The normalized spacial score (nSPS) is 26.2. The molecule has 0 unspecified atom stereocenters. The van der Waals surface area contributed by atoms with Gasteiger partial charge in [0, 0.05) is 38.8 Å². The Kier molecular flexibility index (Phi) is 4.62. The maximum Gasteiger partial charge on any atom is 0.409 e. The molecule has 2 heterocycles. The summed E-state index contributed by atoms with van der Waals surface area (Å²) in [5, 5.41) is 3.51. The Balaban J connectivity index is 1.68. The van der Waals surface area contributed by atoms with Crippen LogP contribution in [0.4, 0.5) is 4.79 Å². The molecular weight excluding hydrogens is 218 g/mol. The van der Waals surface area contributed by atoms with Crippen molar-refractivity contribution in [2.75, 3.05) is 45.9 Å². The average molecular weight is 241 g/mol. The third-order valence-electron chi connectivity index (χ3n) is 3.54. The number of hydrogen-bond acceptors (Lipinski definition) is 4. The van der Waals surface area contributed by atoms with Crippen LogP contribution >= 0.6 is 0 Å². The molecule has 1 N–H and O–H groups in total. The predicted octanol–water partition coefficient (Wildman–Crippen LogP) is 0.513. The Morgan fingerprint density at radius 3 is 2.71 bits per heavy atom. The molecule has 5 heteroatoms. The predicted molar refractivity (Wildman–Crippen MR) is 66.1 cm³/mol. The molecule has 2 aliphatic rings. The molecule has 0 aromatic carbocycles. The fourth-order valence-corrected chi connectivity index (χ4v) is 2.55. The van der Waals surface area contributed by atoms with E-state index in [1.807, 2.05) is 11.8 Å². The van der Waals surface area contributed by atoms with Gasteiger partial charge in [0.2, 0.25) is 0 Å². The number of rotatable bonds is 3. The molecule has 17 heavy (non-hydrogen) atoms. The third-order valence-corrected chi connectivity index (χ3v) is 3.54. The summed E-state index contributed by atoms with van der Waals surface area (Å²) in [6, 6.07) is 0.657. The zero-order valence-electron chi connectivity index (χ0n) is 10.7. The van der Waals surface area contributed by atoms with Crippen LogP contribution in [0, 0.1) is 0 Å². The number of hydrogen-bond donors (Lipinski definition) is 1. The van der Waals surface area contributed by atoms with Crippen LogP contribution in [-0.2, 0) is 4.74 Å². The molecule has 0 spiro atoms. The quantitative estimate of drug-likeness (QED) is 0.782. The Morgan fingerprint density at radius 2 is 2.12 bits per heavy atom. The van der Waals surface area contributed by atoms with Crippen molar-refractivity contribution in [2.24, 2.45) is 0 Å². The van der Waals surface area contributed by atoms with E-state index in [0.717, 1.165) is 39.3 Å². The molecule has 98 valence electrons. The summed E-state index contributed by atoms with van der Waals surface area (Å²) in [6.07, 6.45) is 2.43. The molecule has 5 nitrogen and oxygen atoms in total. The van der Waals surface area contributed by atoms with Crippen molar-refractivity contribution in [3.8, 4) is 0 Å². The first-order valence-electron chi connectivity index (χ1n) is 6.67. The van der Waals surface area contributed by atoms with Gasteiger partial charge in [0.1, 0.15) is 0 Å². The van der Waals surface area contributed by atoms with Gasteiger partial charge in [-0.25, -0.2) is 4.79 Å². The van der Waals surface area contributed by atoms with E-state index in [4.69, 9.17) is 4.74 Å². The minimum absolute atomic E-state index is 0.161. The van der Waals surface area contributed by atoms with E-state index in [1.165, 1.54) is 12.8 Å². The molecule has 0 radical (unpaired) electrons. The standard InChI is InChI=1S/C12H23N3O2/c1-2-17-12(16)15-8-6-14(7-9-15)10-11-4-3-5-13-11/h11,13H,2-10H2,1H3/t11-/m0/s1. The Hall–Kier alpha value is -0.810. The van der Waals surface area contributed by atoms with Gasteiger partial charge in [-0.2, -0.15) is 0 Å². The lowest BCUT2D eigenvalue weighted by molar-refractivity contribution is 0.0776. The molecular formula is C12H23N3O2. The van der Waals surface area contributed by atoms with Gasteiger partial charge in [0.25, 0.3) is 0 Å². The summed E-state index contributed by atoms with van der Waals surface area (Å²) in [7, 11) is 0. The summed E-state index contributed by atoms with van der Waals surface area (Å²) in [4.78, 5) is 15.8. The number of nitrogens with one attached hydrogen (secondary N) is 1. The average Bonchev–Trinajstić information content (AvgIpc) is 2.83. The second-order valence-corrected chi connectivity index (χ2v) is 4.78. The largest absolute Gasteiger partial charge is 0.450 e. The maximum atomic E-state index is 11.5. The highest BCUT2D eigenvalue weighted by Gasteiger charge is 2.24. The molecule has 2 saturated heterocycles. The van der Waals surface area contributed by atoms with Gasteiger partial charge < -0.3 is 15.0 Å². The molecule has 2 fully saturated rings. The molecule has 1 atom stereocenters. The lowest BCUT2D eigenvalue weighted by Crippen LogP contribution is -2.51. The Bertz CT molecular complexity index is 246. The smallest absolute Gasteiger partial charge is 0.409 e. The van der Waals surface area contributed by atoms with Crippen LogP contribution in [0.1, 0.15) is 19.8 Å². The van der Waals surface area contributed by atoms with Crippen LogP contribution in [-0.4, -0.2) is 67.8 Å². The van der Waals surface area contributed by atoms with Crippen molar-refractivity contribution in [2.45, 2.75) is 25.8 Å². The minimum atomic E-state index is -0.161. The summed E-state index contributed by atoms with van der Waals surface area (Å²) in [5.74, 6) is 0. The van der Waals surface area contributed by atoms with Crippen LogP contribution in [0.3, 0.4) is 0 Å². The zero-order valence-corrected chi connectivity index (χ0v) is 10.7. The fourth-order valence-electron chi connectivity index (χ4n) is 2.55. The van der Waals surface area contributed by atoms with Gasteiger partial charge in [-0.05, 0) is 26.3 Å². The van der Waals surface area contributed by atoms with Gasteiger partial charge >= 0.3 is 6.09 Å². The molecule has 0 aromatic rings. The number of amides is 1. The topological polar surface area (TPSA) is 44.8 Å². The Morgan fingerprint density at radius 1 is 1.35 bits per heavy atom. The molecule has 2 aliphatic heterocycles. The van der Waals surface area contributed by atoms with E-state index in [-0.39, 0.29) is 6.09 Å². The van der Waals surface area contributed by atoms with E-state index < -0.39 is 0 Å². The highest BCUT2D eigenvalue weighted by molar-refractivity contribution is 5.67. The summed E-state index contributed by atoms with van der Waals surface area (Å²) < 4.78 is 5.01. The second kappa shape index (κ2) is 6.21. The van der Waals surface area contributed by atoms with Crippen LogP contribution in [0.5, 0.6) is 0 Å². The molecule has 2 rings (SSSR count). The van der Waals surface area contributed by atoms with Crippen molar-refractivity contribution in [3.05, 3.63) is 0 Å². The molecule has 1 amide bonds. The van der Waals surface area contributed by atoms with Gasteiger partial charge in [-0.1, -0.05) is 0 Å². The van der Waals surface area contributed by atoms with Crippen molar-refractivity contribution in [3.63, 3.8) is 0 Å². The van der Waals surface area contributed by atoms with Crippen molar-refractivity contribution in [1.82, 2.24) is 15.1 Å². The lowest BCUT2D eigenvalue weighted by atomic mass is 10.2. The van der Waals surface area contributed by atoms with Crippen molar-refractivity contribution in [1.29, 1.82) is 0 Å². The van der Waals surface area contributed by atoms with Gasteiger partial charge in [0.05, 0.1) is 6.61 Å². The van der Waals surface area contributed by atoms with E-state index >= 15 is 0 Å². The maximum absolute atomic E-state index is 11.5. The molecule has 0 saturated carbocycles. The van der Waals surface area contributed by atoms with E-state index in [9.17, 15) is 4.79 Å². The van der Waals surface area contributed by atoms with Crippen molar-refractivity contribution >= 4 is 6.09 Å². The van der Waals surface area contributed by atoms with Crippen LogP contribution < -0.4 is 5.32 Å². The molecule has 0 bridgehead atoms. The van der Waals surface area contributed by atoms with Gasteiger partial charge in [-0.15, -0.1) is 0 Å². The van der Waals surface area contributed by atoms with Crippen LogP contribution in [0.15, 0.2) is 0 Å². The minimum Gasteiger partial charge on any atom is -0.450 e. The molecule has 0 aliphatic carbocycles. The number of carbonyl (C=O) groups is 1. The lowest BCUT2D eigenvalue weighted by Gasteiger charge is -2.35. The highest BCUT2D eigenvalue weighted by atomic mass is 16.6. The Labute approximate surface area is 103 Å². The number of nitrogens with zero attached hydrogens (tertiary/aromatic N) is 2. The zero-order chi connectivity index (χ0) is 12.1. The van der Waals surface area contributed by atoms with Gasteiger partial charge in [-0.3, -0.25) is 4.90 Å². The van der Waals surface area contributed by atoms with E-state index in [1.54, 1.807) is 0 Å². The SMILES string of the molecule is CCOC(=O)N1CCN(C[C@@H]2CCCN2)CC1. The van der Waals surface area contributed by atoms with E-state index in [2.05, 4.69) is 10.2 Å². The number of ether oxygens (including phenoxy) is 1. The molecule has 0 aromatic heterocycles. The first-order chi connectivity index (χ1) is 8.29. The van der Waals surface area contributed by atoms with Gasteiger partial charge in [0.15, 0.2) is 0 Å². The van der Waals surface area contributed by atoms with Crippen molar-refractivity contribution < 1.29 is 9.53 Å². The number of carbonyl (C=O) groups excluding carboxylic acids is 1. The summed E-state index contributed by atoms with van der Waals surface area (Å²) >= 11 is 0. The second-order valence-electron chi connectivity index (χ2n) is 4.78. The third kappa shape index (κ3) is 3.57. The van der Waals surface area contributed by atoms with E-state index in [0.29, 0.717) is 12.6 Å². The summed E-state index contributed by atoms with van der Waals surface area (Å²) in [6.45, 7) is 8.13. The number of piperazine rings is 1. The van der Waals surface area contributed by atoms with Crippen LogP contribution in [0.2, 0.25) is 0 Å². The highest BCUT2D eigenvalue weighted by Crippen LogP contribution is 2.09. The first-order valence-corrected chi connectivity index (χ1v) is 6.67.